The molecular formula is C22H26O5. The highest BCUT2D eigenvalue weighted by Crippen LogP contribution is 2.77. The van der Waals surface area contributed by atoms with Crippen LogP contribution in [0.1, 0.15) is 40.2 Å². The summed E-state index contributed by atoms with van der Waals surface area (Å²) in [5, 5.41) is 10.1. The number of hydrogen-bond acceptors (Lipinski definition) is 4. The first-order valence-corrected chi connectivity index (χ1v) is 8.93. The summed E-state index contributed by atoms with van der Waals surface area (Å²) in [4.78, 5) is 25.0. The zero-order valence-corrected chi connectivity index (χ0v) is 16.9. The van der Waals surface area contributed by atoms with Crippen molar-refractivity contribution >= 4 is 17.5 Å². The molecule has 0 heterocycles. The molecule has 1 N–H and O–H groups in total. The third kappa shape index (κ3) is 2.00. The van der Waals surface area contributed by atoms with Gasteiger partial charge in [0.05, 0.1) is 25.4 Å². The summed E-state index contributed by atoms with van der Waals surface area (Å²) in [6, 6.07) is 7.62. The Morgan fingerprint density at radius 1 is 0.926 bits per heavy atom. The first-order valence-electron chi connectivity index (χ1n) is 8.93. The second kappa shape index (κ2) is 5.72. The molecule has 0 aromatic heterocycles. The van der Waals surface area contributed by atoms with Gasteiger partial charge in [-0.05, 0) is 35.6 Å². The molecule has 5 heteroatoms. The normalized spacial score (nSPS) is 28.6. The lowest BCUT2D eigenvalue weighted by Gasteiger charge is -2.42. The molecule has 2 atom stereocenters. The smallest absolute Gasteiger partial charge is 0.335 e. The van der Waals surface area contributed by atoms with Crippen LogP contribution < -0.4 is 4.74 Å². The first kappa shape index (κ1) is 19.2. The molecule has 0 amide bonds. The van der Waals surface area contributed by atoms with Crippen LogP contribution in [0.4, 0.5) is 0 Å². The Morgan fingerprint density at radius 3 is 1.93 bits per heavy atom. The lowest BCUT2D eigenvalue weighted by atomic mass is 9.59. The van der Waals surface area contributed by atoms with Gasteiger partial charge in [-0.15, -0.1) is 0 Å². The maximum Gasteiger partial charge on any atom is 0.335 e. The summed E-state index contributed by atoms with van der Waals surface area (Å²) >= 11 is 0. The minimum absolute atomic E-state index is 0.137. The molecule has 2 unspecified atom stereocenters. The van der Waals surface area contributed by atoms with E-state index in [1.807, 2.05) is 58.9 Å². The largest absolute Gasteiger partial charge is 0.497 e. The Morgan fingerprint density at radius 2 is 1.48 bits per heavy atom. The van der Waals surface area contributed by atoms with Crippen molar-refractivity contribution in [3.63, 3.8) is 0 Å². The van der Waals surface area contributed by atoms with Crippen molar-refractivity contribution in [3.05, 3.63) is 46.5 Å². The summed E-state index contributed by atoms with van der Waals surface area (Å²) < 4.78 is 10.2. The first-order chi connectivity index (χ1) is 12.5. The van der Waals surface area contributed by atoms with Gasteiger partial charge >= 0.3 is 11.9 Å². The van der Waals surface area contributed by atoms with Gasteiger partial charge in [0.25, 0.3) is 0 Å². The maximum absolute atomic E-state index is 12.6. The van der Waals surface area contributed by atoms with E-state index >= 15 is 0 Å². The van der Waals surface area contributed by atoms with Gasteiger partial charge in [-0.2, -0.15) is 0 Å². The average molecular weight is 370 g/mol. The Bertz CT molecular complexity index is 903. The molecule has 0 saturated carbocycles. The SMILES string of the molecule is COC(=O)C1=C(C(=O)O)C2(C)C(c3ccc(OC)cc3)=C(C)C1(C)C2(C)C. The number of fused-ring (bicyclic) bond motifs is 2. The molecule has 5 nitrogen and oxygen atoms in total. The highest BCUT2D eigenvalue weighted by molar-refractivity contribution is 6.09. The van der Waals surface area contributed by atoms with Gasteiger partial charge in [0, 0.05) is 10.8 Å². The molecule has 2 aliphatic carbocycles. The van der Waals surface area contributed by atoms with Crippen LogP contribution >= 0.6 is 0 Å². The van der Waals surface area contributed by atoms with E-state index in [9.17, 15) is 14.7 Å². The number of allylic oxidation sites excluding steroid dienone is 2. The lowest BCUT2D eigenvalue weighted by Crippen LogP contribution is -2.39. The van der Waals surface area contributed by atoms with E-state index in [1.54, 1.807) is 7.11 Å². The lowest BCUT2D eigenvalue weighted by molar-refractivity contribution is -0.139. The number of carbonyl (C=O) groups excluding carboxylic acids is 1. The van der Waals surface area contributed by atoms with Crippen molar-refractivity contribution in [2.45, 2.75) is 34.6 Å². The van der Waals surface area contributed by atoms with Gasteiger partial charge in [0.1, 0.15) is 5.75 Å². The molecule has 2 aliphatic rings. The molecule has 0 fully saturated rings. The van der Waals surface area contributed by atoms with E-state index in [0.717, 1.165) is 22.5 Å². The van der Waals surface area contributed by atoms with Crippen LogP contribution in [0.5, 0.6) is 5.75 Å². The van der Waals surface area contributed by atoms with Crippen molar-refractivity contribution in [2.24, 2.45) is 16.2 Å². The molecule has 27 heavy (non-hydrogen) atoms. The van der Waals surface area contributed by atoms with Crippen molar-refractivity contribution in [2.75, 3.05) is 14.2 Å². The van der Waals surface area contributed by atoms with Gasteiger partial charge < -0.3 is 14.6 Å². The van der Waals surface area contributed by atoms with E-state index in [-0.39, 0.29) is 11.1 Å². The predicted octanol–water partition coefficient (Wildman–Crippen LogP) is 4.09. The van der Waals surface area contributed by atoms with Crippen molar-refractivity contribution in [1.29, 1.82) is 0 Å². The molecule has 3 rings (SSSR count). The second-order valence-corrected chi connectivity index (χ2v) is 8.15. The molecule has 1 aromatic rings. The molecule has 144 valence electrons. The molecular weight excluding hydrogens is 344 g/mol. The fraction of sp³-hybridized carbons (Fsp3) is 0.455. The van der Waals surface area contributed by atoms with Crippen LogP contribution in [-0.4, -0.2) is 31.3 Å². The quantitative estimate of drug-likeness (QED) is 0.808. The molecule has 0 aliphatic heterocycles. The van der Waals surface area contributed by atoms with Crippen molar-refractivity contribution in [3.8, 4) is 5.75 Å². The Kier molecular flexibility index (Phi) is 4.07. The van der Waals surface area contributed by atoms with Gasteiger partial charge in [0.15, 0.2) is 0 Å². The van der Waals surface area contributed by atoms with Crippen molar-refractivity contribution < 1.29 is 24.2 Å². The number of rotatable bonds is 4. The number of carboxylic acid groups (broad SMARTS) is 1. The fourth-order valence-electron chi connectivity index (χ4n) is 5.34. The summed E-state index contributed by atoms with van der Waals surface area (Å²) in [7, 11) is 2.90. The Balaban J connectivity index is 2.36. The number of carboxylic acids is 1. The van der Waals surface area contributed by atoms with Crippen LogP contribution in [0.3, 0.4) is 0 Å². The van der Waals surface area contributed by atoms with E-state index in [4.69, 9.17) is 9.47 Å². The summed E-state index contributed by atoms with van der Waals surface area (Å²) in [5.74, 6) is -0.909. The molecule has 0 spiro atoms. The number of aliphatic carboxylic acids is 1. The summed E-state index contributed by atoms with van der Waals surface area (Å²) in [6.45, 7) is 9.95. The molecule has 0 radical (unpaired) electrons. The highest BCUT2D eigenvalue weighted by atomic mass is 16.5. The molecule has 0 saturated heterocycles. The average Bonchev–Trinajstić information content (AvgIpc) is 2.84. The van der Waals surface area contributed by atoms with Crippen LogP contribution in [0.15, 0.2) is 41.0 Å². The molecule has 1 aromatic carbocycles. The topological polar surface area (TPSA) is 72.8 Å². The monoisotopic (exact) mass is 370 g/mol. The third-order valence-corrected chi connectivity index (χ3v) is 7.36. The third-order valence-electron chi connectivity index (χ3n) is 7.36. The predicted molar refractivity (Wildman–Crippen MR) is 102 cm³/mol. The standard InChI is InChI=1S/C22H26O5/c1-12-15(13-8-10-14(26-6)11-9-13)22(5)16(18(23)24)17(19(25)27-7)21(12,4)20(22,2)3/h8-11H,1-7H3,(H,23,24). The van der Waals surface area contributed by atoms with Gasteiger partial charge in [-0.3, -0.25) is 0 Å². The van der Waals surface area contributed by atoms with Gasteiger partial charge in [0.2, 0.25) is 0 Å². The number of hydrogen-bond donors (Lipinski definition) is 1. The summed E-state index contributed by atoms with van der Waals surface area (Å²) in [5.41, 5.74) is 1.21. The summed E-state index contributed by atoms with van der Waals surface area (Å²) in [6.07, 6.45) is 0. The minimum atomic E-state index is -1.08. The van der Waals surface area contributed by atoms with E-state index in [2.05, 4.69) is 0 Å². The number of methoxy groups -OCH3 is 2. The zero-order chi connectivity index (χ0) is 20.4. The van der Waals surface area contributed by atoms with Crippen molar-refractivity contribution in [1.82, 2.24) is 0 Å². The zero-order valence-electron chi connectivity index (χ0n) is 16.9. The molecule has 2 bridgehead atoms. The van der Waals surface area contributed by atoms with E-state index in [1.165, 1.54) is 7.11 Å². The minimum Gasteiger partial charge on any atom is -0.497 e. The van der Waals surface area contributed by atoms with Crippen LogP contribution in [0, 0.1) is 16.2 Å². The number of esters is 1. The number of carbonyl (C=O) groups is 2. The Hall–Kier alpha value is -2.56. The van der Waals surface area contributed by atoms with Gasteiger partial charge in [-0.25, -0.2) is 9.59 Å². The fourth-order valence-corrected chi connectivity index (χ4v) is 5.34. The van der Waals surface area contributed by atoms with Crippen LogP contribution in [-0.2, 0) is 14.3 Å². The van der Waals surface area contributed by atoms with E-state index in [0.29, 0.717) is 0 Å². The van der Waals surface area contributed by atoms with Crippen LogP contribution in [0.2, 0.25) is 0 Å². The number of ether oxygens (including phenoxy) is 2. The van der Waals surface area contributed by atoms with Crippen LogP contribution in [0.25, 0.3) is 5.57 Å². The second-order valence-electron chi connectivity index (χ2n) is 8.15. The highest BCUT2D eigenvalue weighted by Gasteiger charge is 2.72. The number of benzene rings is 1. The Labute approximate surface area is 159 Å². The van der Waals surface area contributed by atoms with E-state index < -0.39 is 28.2 Å². The van der Waals surface area contributed by atoms with Gasteiger partial charge in [-0.1, -0.05) is 45.4 Å². The maximum atomic E-state index is 12.6.